The molecule has 2 saturated heterocycles. The smallest absolute Gasteiger partial charge is 0.306 e. The number of carbonyl (C=O) groups excluding carboxylic acids is 2. The van der Waals surface area contributed by atoms with Gasteiger partial charge >= 0.3 is 11.9 Å². The lowest BCUT2D eigenvalue weighted by Gasteiger charge is -2.42. The van der Waals surface area contributed by atoms with Gasteiger partial charge in [-0.05, 0) is 44.9 Å². The second-order valence-corrected chi connectivity index (χ2v) is 17.6. The molecule has 2 heterocycles. The van der Waals surface area contributed by atoms with Crippen LogP contribution in [0.5, 0.6) is 0 Å². The highest BCUT2D eigenvalue weighted by atomic mass is 16.7. The molecule has 0 unspecified atom stereocenters. The Morgan fingerprint density at radius 1 is 0.500 bits per heavy atom. The minimum atomic E-state index is -1.76. The van der Waals surface area contributed by atoms with Crippen LogP contribution in [-0.4, -0.2) is 142 Å². The van der Waals surface area contributed by atoms with E-state index in [1.807, 2.05) is 0 Å². The van der Waals surface area contributed by atoms with Gasteiger partial charge < -0.3 is 64.2 Å². The average molecular weight is 917 g/mol. The van der Waals surface area contributed by atoms with Gasteiger partial charge in [-0.1, -0.05) is 147 Å². The summed E-state index contributed by atoms with van der Waals surface area (Å²) in [4.78, 5) is 25.7. The number of ether oxygens (including phenoxy) is 6. The highest BCUT2D eigenvalue weighted by molar-refractivity contribution is 5.70. The predicted octanol–water partition coefficient (Wildman–Crippen LogP) is 6.38. The Kier molecular flexibility index (Phi) is 33.6. The van der Waals surface area contributed by atoms with Crippen LogP contribution in [0.4, 0.5) is 0 Å². The highest BCUT2D eigenvalue weighted by Crippen LogP contribution is 2.26. The van der Waals surface area contributed by atoms with E-state index in [2.05, 4.69) is 38.2 Å². The number of unbranched alkanes of at least 4 members (excludes halogenated alkanes) is 20. The van der Waals surface area contributed by atoms with E-state index in [9.17, 15) is 45.3 Å². The summed E-state index contributed by atoms with van der Waals surface area (Å²) in [5.41, 5.74) is 0. The number of carbonyl (C=O) groups is 2. The first-order chi connectivity index (χ1) is 31.0. The van der Waals surface area contributed by atoms with Crippen molar-refractivity contribution in [1.29, 1.82) is 0 Å². The molecule has 0 aromatic rings. The molecule has 0 aromatic carbocycles. The van der Waals surface area contributed by atoms with Gasteiger partial charge in [-0.2, -0.15) is 0 Å². The van der Waals surface area contributed by atoms with Gasteiger partial charge in [-0.15, -0.1) is 0 Å². The number of aliphatic hydroxyl groups excluding tert-OH is 7. The molecular formula is C49H88O15. The quantitative estimate of drug-likeness (QED) is 0.0203. The highest BCUT2D eigenvalue weighted by Gasteiger charge is 2.47. The zero-order valence-corrected chi connectivity index (χ0v) is 39.3. The molecule has 0 spiro atoms. The third-order valence-electron chi connectivity index (χ3n) is 11.9. The van der Waals surface area contributed by atoms with Gasteiger partial charge in [-0.25, -0.2) is 0 Å². The van der Waals surface area contributed by atoms with E-state index in [4.69, 9.17) is 28.4 Å². The van der Waals surface area contributed by atoms with E-state index < -0.39 is 92.7 Å². The third-order valence-corrected chi connectivity index (χ3v) is 11.9. The molecule has 2 fully saturated rings. The van der Waals surface area contributed by atoms with Crippen LogP contribution in [0, 0.1) is 0 Å². The second-order valence-electron chi connectivity index (χ2n) is 17.6. The minimum absolute atomic E-state index is 0.152. The van der Waals surface area contributed by atoms with Gasteiger partial charge in [-0.3, -0.25) is 9.59 Å². The number of aliphatic hydroxyl groups is 7. The SMILES string of the molecule is CCCCC/C=C\C/C=C\CCCCCCCC(=O)O[C@H](COC(=O)CCCCCCCCCCCCCCC)CO[C@@H]1O[C@H](CO[C@H]2O[C@H](CO)[C@H](O)[C@H](O)[C@H]2O)[C@H](O)[C@H](O)[C@H]1O. The molecule has 64 heavy (non-hydrogen) atoms. The summed E-state index contributed by atoms with van der Waals surface area (Å²) in [7, 11) is 0. The Morgan fingerprint density at radius 3 is 1.48 bits per heavy atom. The van der Waals surface area contributed by atoms with Crippen LogP contribution >= 0.6 is 0 Å². The first-order valence-electron chi connectivity index (χ1n) is 24.9. The molecule has 2 rings (SSSR count). The summed E-state index contributed by atoms with van der Waals surface area (Å²) in [5.74, 6) is -0.936. The van der Waals surface area contributed by atoms with Crippen LogP contribution in [0.25, 0.3) is 0 Å². The van der Waals surface area contributed by atoms with Crippen LogP contribution in [0.2, 0.25) is 0 Å². The molecule has 15 heteroatoms. The second kappa shape index (κ2) is 37.0. The molecule has 0 aromatic heterocycles. The number of rotatable bonds is 38. The van der Waals surface area contributed by atoms with E-state index in [1.54, 1.807) is 0 Å². The van der Waals surface area contributed by atoms with Gasteiger partial charge in [0.1, 0.15) is 55.4 Å². The first-order valence-corrected chi connectivity index (χ1v) is 24.9. The van der Waals surface area contributed by atoms with Crippen molar-refractivity contribution >= 4 is 11.9 Å². The monoisotopic (exact) mass is 917 g/mol. The van der Waals surface area contributed by atoms with Crippen molar-refractivity contribution in [3.05, 3.63) is 24.3 Å². The van der Waals surface area contributed by atoms with Crippen LogP contribution in [0.15, 0.2) is 24.3 Å². The van der Waals surface area contributed by atoms with Gasteiger partial charge in [0, 0.05) is 12.8 Å². The Morgan fingerprint density at radius 2 is 0.938 bits per heavy atom. The lowest BCUT2D eigenvalue weighted by molar-refractivity contribution is -0.332. The number of hydrogen-bond donors (Lipinski definition) is 7. The molecular weight excluding hydrogens is 829 g/mol. The van der Waals surface area contributed by atoms with Crippen molar-refractivity contribution in [2.24, 2.45) is 0 Å². The summed E-state index contributed by atoms with van der Waals surface area (Å²) in [6.45, 7) is 2.55. The summed E-state index contributed by atoms with van der Waals surface area (Å²) in [6.07, 6.45) is 19.2. The lowest BCUT2D eigenvalue weighted by Crippen LogP contribution is -2.61. The number of esters is 2. The third kappa shape index (κ3) is 25.2. The van der Waals surface area contributed by atoms with Crippen molar-refractivity contribution in [3.63, 3.8) is 0 Å². The molecule has 2 aliphatic heterocycles. The molecule has 374 valence electrons. The predicted molar refractivity (Wildman–Crippen MR) is 243 cm³/mol. The van der Waals surface area contributed by atoms with Crippen LogP contribution in [0.3, 0.4) is 0 Å². The van der Waals surface area contributed by atoms with Crippen LogP contribution in [-0.2, 0) is 38.0 Å². The number of hydrogen-bond acceptors (Lipinski definition) is 15. The van der Waals surface area contributed by atoms with Crippen LogP contribution in [0.1, 0.15) is 181 Å². The maximum absolute atomic E-state index is 13.0. The zero-order valence-electron chi connectivity index (χ0n) is 39.3. The van der Waals surface area contributed by atoms with Crippen molar-refractivity contribution in [2.45, 2.75) is 248 Å². The van der Waals surface area contributed by atoms with E-state index in [0.717, 1.165) is 64.2 Å². The largest absolute Gasteiger partial charge is 0.462 e. The van der Waals surface area contributed by atoms with Crippen LogP contribution < -0.4 is 0 Å². The fourth-order valence-electron chi connectivity index (χ4n) is 7.78. The summed E-state index contributed by atoms with van der Waals surface area (Å²) < 4.78 is 33.5. The van der Waals surface area contributed by atoms with Crippen molar-refractivity contribution in [1.82, 2.24) is 0 Å². The van der Waals surface area contributed by atoms with Crippen molar-refractivity contribution in [2.75, 3.05) is 26.4 Å². The standard InChI is InChI=1S/C49H88O15/c1-3-5-7-9-11-13-15-17-18-20-22-24-26-28-30-32-41(52)62-37(34-59-40(51)31-29-27-25-23-21-19-16-14-12-10-8-6-4-2)35-60-48-47(58)45(56)43(54)39(64-48)36-61-49-46(57)44(55)42(53)38(33-50)63-49/h11,13,17-18,37-39,42-50,53-58H,3-10,12,14-16,19-36H2,1-2H3/b13-11-,18-17-/t37-,38-,39-,42+,43+,44+,45+,46-,47-,48-,49+/m1/s1. The zero-order chi connectivity index (χ0) is 46.8. The molecule has 11 atom stereocenters. The normalized spacial score (nSPS) is 26.8. The molecule has 0 aliphatic carbocycles. The fraction of sp³-hybridized carbons (Fsp3) is 0.878. The lowest BCUT2D eigenvalue weighted by atomic mass is 9.98. The molecule has 2 aliphatic rings. The Labute approximate surface area is 383 Å². The van der Waals surface area contributed by atoms with Gasteiger partial charge in [0.2, 0.25) is 0 Å². The Bertz CT molecular complexity index is 1220. The molecule has 0 amide bonds. The molecule has 15 nitrogen and oxygen atoms in total. The molecule has 0 saturated carbocycles. The minimum Gasteiger partial charge on any atom is -0.462 e. The molecule has 0 radical (unpaired) electrons. The first kappa shape index (κ1) is 58.1. The summed E-state index contributed by atoms with van der Waals surface area (Å²) in [6, 6.07) is 0. The topological polar surface area (TPSA) is 231 Å². The van der Waals surface area contributed by atoms with Gasteiger partial charge in [0.25, 0.3) is 0 Å². The Hall–Kier alpha value is -2.02. The summed E-state index contributed by atoms with van der Waals surface area (Å²) >= 11 is 0. The average Bonchev–Trinajstić information content (AvgIpc) is 3.29. The molecule has 0 bridgehead atoms. The maximum Gasteiger partial charge on any atom is 0.306 e. The summed E-state index contributed by atoms with van der Waals surface area (Å²) in [5, 5.41) is 72.0. The number of allylic oxidation sites excluding steroid dienone is 4. The van der Waals surface area contributed by atoms with E-state index in [1.165, 1.54) is 77.0 Å². The van der Waals surface area contributed by atoms with E-state index in [0.29, 0.717) is 12.8 Å². The fourth-order valence-corrected chi connectivity index (χ4v) is 7.78. The van der Waals surface area contributed by atoms with E-state index in [-0.39, 0.29) is 26.1 Å². The van der Waals surface area contributed by atoms with Gasteiger partial charge in [0.05, 0.1) is 19.8 Å². The maximum atomic E-state index is 13.0. The Balaban J connectivity index is 1.83. The molecule has 7 N–H and O–H groups in total. The van der Waals surface area contributed by atoms with Crippen molar-refractivity contribution in [3.8, 4) is 0 Å². The van der Waals surface area contributed by atoms with Gasteiger partial charge in [0.15, 0.2) is 18.7 Å². The van der Waals surface area contributed by atoms with Crippen molar-refractivity contribution < 1.29 is 73.8 Å². The van der Waals surface area contributed by atoms with E-state index >= 15 is 0 Å².